The Morgan fingerprint density at radius 1 is 1.16 bits per heavy atom. The number of hydrogen-bond acceptors (Lipinski definition) is 6. The lowest BCUT2D eigenvalue weighted by molar-refractivity contribution is -0.918. The van der Waals surface area contributed by atoms with Crippen LogP contribution >= 0.6 is 0 Å². The van der Waals surface area contributed by atoms with Gasteiger partial charge in [0.2, 0.25) is 0 Å². The highest BCUT2D eigenvalue weighted by molar-refractivity contribution is 5.89. The number of nitrogens with one attached hydrogen (secondary N) is 1. The van der Waals surface area contributed by atoms with Gasteiger partial charge in [-0.1, -0.05) is 30.0 Å². The molecule has 7 nitrogen and oxygen atoms in total. The molecule has 31 heavy (non-hydrogen) atoms. The van der Waals surface area contributed by atoms with Gasteiger partial charge in [-0.25, -0.2) is 4.79 Å². The average Bonchev–Trinajstić information content (AvgIpc) is 2.78. The SMILES string of the molecule is COc1ccc(-c2c(C)c3ccc([O-])c(C[NH+]4CCN(CCO)CC4)c3oc2=O)cc1. The molecule has 0 spiro atoms. The van der Waals surface area contributed by atoms with E-state index in [2.05, 4.69) is 4.90 Å². The fourth-order valence-electron chi connectivity index (χ4n) is 4.37. The number of quaternary nitrogens is 1. The third-order valence-corrected chi connectivity index (χ3v) is 6.18. The highest BCUT2D eigenvalue weighted by Crippen LogP contribution is 2.31. The summed E-state index contributed by atoms with van der Waals surface area (Å²) < 4.78 is 11.0. The van der Waals surface area contributed by atoms with Crippen molar-refractivity contribution in [2.24, 2.45) is 0 Å². The van der Waals surface area contributed by atoms with Crippen LogP contribution < -0.4 is 20.4 Å². The van der Waals surface area contributed by atoms with E-state index in [0.717, 1.165) is 42.7 Å². The number of aryl methyl sites for hydroxylation is 1. The maximum Gasteiger partial charge on any atom is 0.344 e. The number of methoxy groups -OCH3 is 1. The molecule has 1 fully saturated rings. The van der Waals surface area contributed by atoms with Crippen LogP contribution in [-0.2, 0) is 6.54 Å². The van der Waals surface area contributed by atoms with Crippen LogP contribution in [0.3, 0.4) is 0 Å². The molecule has 0 aliphatic carbocycles. The van der Waals surface area contributed by atoms with Crippen LogP contribution in [0.2, 0.25) is 0 Å². The molecule has 1 saturated heterocycles. The minimum absolute atomic E-state index is 0.0995. The Kier molecular flexibility index (Phi) is 6.27. The van der Waals surface area contributed by atoms with Crippen molar-refractivity contribution >= 4 is 11.0 Å². The zero-order valence-electron chi connectivity index (χ0n) is 17.9. The molecular weight excluding hydrogens is 396 g/mol. The average molecular weight is 424 g/mol. The van der Waals surface area contributed by atoms with Crippen molar-refractivity contribution in [3.8, 4) is 22.6 Å². The van der Waals surface area contributed by atoms with Crippen molar-refractivity contribution in [2.45, 2.75) is 13.5 Å². The molecule has 2 aromatic carbocycles. The fourth-order valence-corrected chi connectivity index (χ4v) is 4.37. The van der Waals surface area contributed by atoms with Gasteiger partial charge < -0.3 is 24.3 Å². The predicted octanol–water partition coefficient (Wildman–Crippen LogP) is 0.543. The van der Waals surface area contributed by atoms with E-state index in [9.17, 15) is 9.90 Å². The lowest BCUT2D eigenvalue weighted by atomic mass is 9.97. The number of piperazine rings is 1. The second-order valence-electron chi connectivity index (χ2n) is 8.03. The summed E-state index contributed by atoms with van der Waals surface area (Å²) in [6.45, 7) is 6.76. The Hall–Kier alpha value is -2.87. The molecule has 0 atom stereocenters. The number of aliphatic hydroxyl groups excluding tert-OH is 1. The largest absolute Gasteiger partial charge is 0.872 e. The first-order valence-corrected chi connectivity index (χ1v) is 10.6. The monoisotopic (exact) mass is 424 g/mol. The van der Waals surface area contributed by atoms with Gasteiger partial charge in [0.1, 0.15) is 17.9 Å². The summed E-state index contributed by atoms with van der Waals surface area (Å²) in [6, 6.07) is 10.6. The van der Waals surface area contributed by atoms with Crippen molar-refractivity contribution < 1.29 is 24.3 Å². The first-order valence-electron chi connectivity index (χ1n) is 10.6. The molecule has 2 heterocycles. The van der Waals surface area contributed by atoms with Crippen LogP contribution in [0.25, 0.3) is 22.1 Å². The molecule has 0 radical (unpaired) electrons. The summed E-state index contributed by atoms with van der Waals surface area (Å²) in [7, 11) is 1.60. The van der Waals surface area contributed by atoms with E-state index in [0.29, 0.717) is 35.5 Å². The molecule has 3 aromatic rings. The molecule has 4 rings (SSSR count). The number of aliphatic hydroxyl groups is 1. The lowest BCUT2D eigenvalue weighted by Crippen LogP contribution is -3.13. The molecule has 1 aromatic heterocycles. The van der Waals surface area contributed by atoms with Crippen molar-refractivity contribution in [3.63, 3.8) is 0 Å². The topological polar surface area (TPSA) is 90.4 Å². The van der Waals surface area contributed by atoms with Gasteiger partial charge in [0.05, 0.1) is 32.4 Å². The van der Waals surface area contributed by atoms with E-state index in [1.54, 1.807) is 19.2 Å². The van der Waals surface area contributed by atoms with Gasteiger partial charge in [-0.3, -0.25) is 4.90 Å². The zero-order chi connectivity index (χ0) is 22.0. The fraction of sp³-hybridized carbons (Fsp3) is 0.375. The number of benzene rings is 2. The van der Waals surface area contributed by atoms with E-state index in [1.807, 2.05) is 31.2 Å². The molecule has 0 unspecified atom stereocenters. The highest BCUT2D eigenvalue weighted by atomic mass is 16.5. The second-order valence-corrected chi connectivity index (χ2v) is 8.03. The normalized spacial score (nSPS) is 15.5. The maximum absolute atomic E-state index is 12.9. The van der Waals surface area contributed by atoms with E-state index in [4.69, 9.17) is 14.3 Å². The van der Waals surface area contributed by atoms with Gasteiger partial charge in [0.15, 0.2) is 0 Å². The molecule has 164 valence electrons. The molecule has 0 saturated carbocycles. The van der Waals surface area contributed by atoms with E-state index < -0.39 is 5.63 Å². The van der Waals surface area contributed by atoms with Crippen LogP contribution in [0, 0.1) is 6.92 Å². The predicted molar refractivity (Wildman–Crippen MR) is 117 cm³/mol. The Labute approximate surface area is 181 Å². The van der Waals surface area contributed by atoms with Gasteiger partial charge in [-0.2, -0.15) is 0 Å². The lowest BCUT2D eigenvalue weighted by Gasteiger charge is -2.32. The summed E-state index contributed by atoms with van der Waals surface area (Å²) >= 11 is 0. The third kappa shape index (κ3) is 4.30. The van der Waals surface area contributed by atoms with Crippen molar-refractivity contribution in [1.82, 2.24) is 4.90 Å². The van der Waals surface area contributed by atoms with Crippen LogP contribution in [0.1, 0.15) is 11.1 Å². The van der Waals surface area contributed by atoms with Gasteiger partial charge in [0, 0.05) is 30.6 Å². The minimum atomic E-state index is -0.440. The molecular formula is C24H28N2O5. The number of rotatable bonds is 6. The van der Waals surface area contributed by atoms with E-state index >= 15 is 0 Å². The number of β-amino-alcohol motifs (C(OH)–C–C–N with tert-alkyl or cyclic N) is 1. The van der Waals surface area contributed by atoms with Gasteiger partial charge in [-0.05, 0) is 30.2 Å². The Morgan fingerprint density at radius 2 is 1.87 bits per heavy atom. The van der Waals surface area contributed by atoms with Crippen molar-refractivity contribution in [3.05, 3.63) is 57.9 Å². The quantitative estimate of drug-likeness (QED) is 0.562. The highest BCUT2D eigenvalue weighted by Gasteiger charge is 2.22. The number of hydrogen-bond donors (Lipinski definition) is 2. The van der Waals surface area contributed by atoms with Gasteiger partial charge in [0.25, 0.3) is 0 Å². The van der Waals surface area contributed by atoms with Gasteiger partial charge in [-0.15, -0.1) is 0 Å². The maximum atomic E-state index is 12.9. The summed E-state index contributed by atoms with van der Waals surface area (Å²) in [4.78, 5) is 16.4. The minimum Gasteiger partial charge on any atom is -0.872 e. The van der Waals surface area contributed by atoms with Crippen molar-refractivity contribution in [2.75, 3.05) is 46.4 Å². The molecule has 2 N–H and O–H groups in total. The zero-order valence-corrected chi connectivity index (χ0v) is 17.9. The summed E-state index contributed by atoms with van der Waals surface area (Å²) in [5.41, 5.74) is 2.59. The number of fused-ring (bicyclic) bond motifs is 1. The van der Waals surface area contributed by atoms with Crippen LogP contribution in [0.15, 0.2) is 45.6 Å². The third-order valence-electron chi connectivity index (χ3n) is 6.18. The van der Waals surface area contributed by atoms with E-state index in [1.165, 1.54) is 4.90 Å². The molecule has 0 amide bonds. The first-order chi connectivity index (χ1) is 15.0. The number of ether oxygens (including phenoxy) is 1. The van der Waals surface area contributed by atoms with Crippen LogP contribution in [0.5, 0.6) is 11.5 Å². The first kappa shape index (κ1) is 21.4. The van der Waals surface area contributed by atoms with Gasteiger partial charge >= 0.3 is 5.63 Å². The summed E-state index contributed by atoms with van der Waals surface area (Å²) in [5.74, 6) is 0.615. The smallest absolute Gasteiger partial charge is 0.344 e. The summed E-state index contributed by atoms with van der Waals surface area (Å²) in [6.07, 6.45) is 0. The van der Waals surface area contributed by atoms with Crippen LogP contribution in [0.4, 0.5) is 0 Å². The molecule has 7 heteroatoms. The standard InChI is InChI=1S/C24H28N2O5/c1-16-19-7-8-21(28)20(15-26-11-9-25(10-12-26)13-14-27)23(19)31-24(29)22(16)17-3-5-18(30-2)6-4-17/h3-8,27-28H,9-15H2,1-2H3. The van der Waals surface area contributed by atoms with Crippen molar-refractivity contribution in [1.29, 1.82) is 0 Å². The van der Waals surface area contributed by atoms with Crippen LogP contribution in [-0.4, -0.2) is 56.4 Å². The summed E-state index contributed by atoms with van der Waals surface area (Å²) in [5, 5.41) is 22.6. The number of nitrogens with zero attached hydrogens (tertiary/aromatic N) is 1. The second kappa shape index (κ2) is 9.09. The Bertz CT molecular complexity index is 1120. The Balaban J connectivity index is 1.69. The Morgan fingerprint density at radius 3 is 2.52 bits per heavy atom. The molecule has 1 aliphatic rings. The van der Waals surface area contributed by atoms with E-state index in [-0.39, 0.29) is 12.4 Å². The molecule has 0 bridgehead atoms. The molecule has 1 aliphatic heterocycles.